The molecule has 202 valence electrons. The number of methoxy groups -OCH3 is 1. The highest BCUT2D eigenvalue weighted by Gasteiger charge is 2.34. The zero-order valence-electron chi connectivity index (χ0n) is 22.1. The van der Waals surface area contributed by atoms with Crippen LogP contribution in [0.4, 0.5) is 14.0 Å². The molecule has 0 bridgehead atoms. The van der Waals surface area contributed by atoms with Crippen LogP contribution in [0.1, 0.15) is 62.7 Å². The molecule has 0 spiro atoms. The van der Waals surface area contributed by atoms with Crippen molar-refractivity contribution in [2.75, 3.05) is 40.4 Å². The molecule has 0 aromatic heterocycles. The summed E-state index contributed by atoms with van der Waals surface area (Å²) in [6.07, 6.45) is 5.72. The SMILES string of the molecule is CNC(C1CCCC1)C(C)NC(=O)N1CCC[C@@H](C(OCCNC(=O)OC)c2cc(F)ccc2C)C1. The summed E-state index contributed by atoms with van der Waals surface area (Å²) in [5.41, 5.74) is 1.72. The van der Waals surface area contributed by atoms with Crippen LogP contribution in [0.25, 0.3) is 0 Å². The number of nitrogens with zero attached hydrogens (tertiary/aromatic N) is 1. The molecule has 3 amide bonds. The number of halogens is 1. The largest absolute Gasteiger partial charge is 0.453 e. The van der Waals surface area contributed by atoms with E-state index in [1.165, 1.54) is 44.9 Å². The molecule has 4 atom stereocenters. The lowest BCUT2D eigenvalue weighted by Gasteiger charge is -2.39. The van der Waals surface area contributed by atoms with Crippen molar-refractivity contribution in [1.82, 2.24) is 20.9 Å². The molecule has 36 heavy (non-hydrogen) atoms. The predicted molar refractivity (Wildman–Crippen MR) is 137 cm³/mol. The molecule has 1 aliphatic heterocycles. The fourth-order valence-electron chi connectivity index (χ4n) is 5.84. The van der Waals surface area contributed by atoms with E-state index in [-0.39, 0.29) is 43.0 Å². The molecule has 2 aliphatic rings. The van der Waals surface area contributed by atoms with Crippen LogP contribution in [0.2, 0.25) is 0 Å². The van der Waals surface area contributed by atoms with Crippen molar-refractivity contribution in [3.05, 3.63) is 35.1 Å². The highest BCUT2D eigenvalue weighted by molar-refractivity contribution is 5.74. The molecular formula is C27H43FN4O4. The molecule has 1 aromatic carbocycles. The molecule has 3 rings (SSSR count). The van der Waals surface area contributed by atoms with Gasteiger partial charge in [0.05, 0.1) is 19.8 Å². The first-order valence-corrected chi connectivity index (χ1v) is 13.3. The lowest BCUT2D eigenvalue weighted by Crippen LogP contribution is -2.55. The van der Waals surface area contributed by atoms with E-state index in [1.807, 2.05) is 18.9 Å². The minimum absolute atomic E-state index is 0.00774. The van der Waals surface area contributed by atoms with Crippen molar-refractivity contribution >= 4 is 12.1 Å². The van der Waals surface area contributed by atoms with E-state index in [4.69, 9.17) is 4.74 Å². The number of piperidine rings is 1. The van der Waals surface area contributed by atoms with Crippen molar-refractivity contribution in [3.63, 3.8) is 0 Å². The number of urea groups is 1. The van der Waals surface area contributed by atoms with Gasteiger partial charge in [0.2, 0.25) is 0 Å². The maximum Gasteiger partial charge on any atom is 0.406 e. The number of amides is 3. The summed E-state index contributed by atoms with van der Waals surface area (Å²) >= 11 is 0. The lowest BCUT2D eigenvalue weighted by atomic mass is 9.86. The van der Waals surface area contributed by atoms with E-state index in [0.717, 1.165) is 24.0 Å². The van der Waals surface area contributed by atoms with Gasteiger partial charge in [-0.05, 0) is 75.8 Å². The predicted octanol–water partition coefficient (Wildman–Crippen LogP) is 4.14. The van der Waals surface area contributed by atoms with Gasteiger partial charge < -0.3 is 30.3 Å². The number of carbonyl (C=O) groups excluding carboxylic acids is 2. The molecule has 1 saturated heterocycles. The first-order valence-electron chi connectivity index (χ1n) is 13.3. The van der Waals surface area contributed by atoms with Crippen molar-refractivity contribution in [3.8, 4) is 0 Å². The summed E-state index contributed by atoms with van der Waals surface area (Å²) in [6, 6.07) is 4.93. The van der Waals surface area contributed by atoms with Gasteiger partial charge >= 0.3 is 12.1 Å². The Hall–Kier alpha value is -2.39. The molecule has 3 unspecified atom stereocenters. The number of likely N-dealkylation sites (N-methyl/N-ethyl adjacent to an activating group) is 1. The maximum absolute atomic E-state index is 14.2. The van der Waals surface area contributed by atoms with Gasteiger partial charge in [0.1, 0.15) is 5.82 Å². The zero-order chi connectivity index (χ0) is 26.1. The number of carbonyl (C=O) groups is 2. The van der Waals surface area contributed by atoms with Gasteiger partial charge in [0.25, 0.3) is 0 Å². The Balaban J connectivity index is 1.67. The molecule has 1 saturated carbocycles. The monoisotopic (exact) mass is 506 g/mol. The number of hydrogen-bond donors (Lipinski definition) is 3. The number of nitrogens with one attached hydrogen (secondary N) is 3. The van der Waals surface area contributed by atoms with E-state index in [9.17, 15) is 14.0 Å². The summed E-state index contributed by atoms with van der Waals surface area (Å²) in [6.45, 7) is 5.75. The third-order valence-electron chi connectivity index (χ3n) is 7.71. The topological polar surface area (TPSA) is 91.9 Å². The Morgan fingerprint density at radius 1 is 1.17 bits per heavy atom. The molecule has 9 heteroatoms. The summed E-state index contributed by atoms with van der Waals surface area (Å²) in [7, 11) is 3.28. The number of ether oxygens (including phenoxy) is 2. The molecule has 0 radical (unpaired) electrons. The second-order valence-electron chi connectivity index (χ2n) is 10.2. The van der Waals surface area contributed by atoms with Gasteiger partial charge in [0, 0.05) is 37.6 Å². The maximum atomic E-state index is 14.2. The standard InChI is InChI=1S/C27H43FN4O4/c1-18-11-12-22(28)16-23(18)25(36-15-13-30-27(34)35-4)21-10-7-14-32(17-21)26(33)31-19(2)24(29-3)20-8-5-6-9-20/h11-12,16,19-21,24-25,29H,5-10,13-15,17H2,1-4H3,(H,30,34)(H,31,33)/t19?,21-,24?,25?/m1/s1. The van der Waals surface area contributed by atoms with Crippen molar-refractivity contribution in [2.24, 2.45) is 11.8 Å². The van der Waals surface area contributed by atoms with Gasteiger partial charge in [-0.2, -0.15) is 0 Å². The average Bonchev–Trinajstić information content (AvgIpc) is 3.40. The summed E-state index contributed by atoms with van der Waals surface area (Å²) in [5.74, 6) is 0.279. The molecule has 1 heterocycles. The Morgan fingerprint density at radius 3 is 2.58 bits per heavy atom. The second kappa shape index (κ2) is 13.8. The Kier molecular flexibility index (Phi) is 10.8. The molecule has 1 aromatic rings. The van der Waals surface area contributed by atoms with Crippen LogP contribution in [0.5, 0.6) is 0 Å². The van der Waals surface area contributed by atoms with E-state index in [0.29, 0.717) is 19.0 Å². The summed E-state index contributed by atoms with van der Waals surface area (Å²) in [4.78, 5) is 26.5. The van der Waals surface area contributed by atoms with Gasteiger partial charge in [-0.15, -0.1) is 0 Å². The molecule has 8 nitrogen and oxygen atoms in total. The van der Waals surface area contributed by atoms with Crippen molar-refractivity contribution < 1.29 is 23.5 Å². The zero-order valence-corrected chi connectivity index (χ0v) is 22.1. The van der Waals surface area contributed by atoms with Crippen LogP contribution in [0.15, 0.2) is 18.2 Å². The number of likely N-dealkylation sites (tertiary alicyclic amines) is 1. The van der Waals surface area contributed by atoms with Gasteiger partial charge in [-0.3, -0.25) is 0 Å². The van der Waals surface area contributed by atoms with Crippen LogP contribution in [-0.2, 0) is 9.47 Å². The van der Waals surface area contributed by atoms with Crippen LogP contribution >= 0.6 is 0 Å². The number of benzene rings is 1. The highest BCUT2D eigenvalue weighted by Crippen LogP contribution is 2.35. The summed E-state index contributed by atoms with van der Waals surface area (Å²) in [5, 5.41) is 9.27. The van der Waals surface area contributed by atoms with Crippen molar-refractivity contribution in [2.45, 2.75) is 70.6 Å². The third kappa shape index (κ3) is 7.56. The average molecular weight is 507 g/mol. The molecule has 3 N–H and O–H groups in total. The van der Waals surface area contributed by atoms with Crippen LogP contribution in [0.3, 0.4) is 0 Å². The Labute approximate surface area is 214 Å². The fourth-order valence-corrected chi connectivity index (χ4v) is 5.84. The number of alkyl carbamates (subject to hydrolysis) is 1. The second-order valence-corrected chi connectivity index (χ2v) is 10.2. The minimum atomic E-state index is -0.524. The molecule has 1 aliphatic carbocycles. The fraction of sp³-hybridized carbons (Fsp3) is 0.704. The first-order chi connectivity index (χ1) is 17.3. The highest BCUT2D eigenvalue weighted by atomic mass is 19.1. The number of rotatable bonds is 10. The van der Waals surface area contributed by atoms with E-state index < -0.39 is 12.2 Å². The van der Waals surface area contributed by atoms with Crippen LogP contribution in [-0.4, -0.2) is 69.5 Å². The third-order valence-corrected chi connectivity index (χ3v) is 7.71. The Morgan fingerprint density at radius 2 is 1.89 bits per heavy atom. The molecule has 2 fully saturated rings. The molecular weight excluding hydrogens is 463 g/mol. The Bertz CT molecular complexity index is 864. The van der Waals surface area contributed by atoms with Crippen LogP contribution in [0, 0.1) is 24.6 Å². The van der Waals surface area contributed by atoms with E-state index in [2.05, 4.69) is 27.6 Å². The van der Waals surface area contributed by atoms with E-state index >= 15 is 0 Å². The van der Waals surface area contributed by atoms with Crippen molar-refractivity contribution in [1.29, 1.82) is 0 Å². The normalized spacial score (nSPS) is 21.0. The number of aryl methyl sites for hydroxylation is 1. The summed E-state index contributed by atoms with van der Waals surface area (Å²) < 4.78 is 25.0. The quantitative estimate of drug-likeness (QED) is 0.415. The first kappa shape index (κ1) is 28.2. The van der Waals surface area contributed by atoms with Gasteiger partial charge in [-0.25, -0.2) is 14.0 Å². The smallest absolute Gasteiger partial charge is 0.406 e. The van der Waals surface area contributed by atoms with Gasteiger partial charge in [-0.1, -0.05) is 18.9 Å². The van der Waals surface area contributed by atoms with E-state index in [1.54, 1.807) is 6.07 Å². The minimum Gasteiger partial charge on any atom is -0.453 e. The van der Waals surface area contributed by atoms with Gasteiger partial charge in [0.15, 0.2) is 0 Å². The van der Waals surface area contributed by atoms with Crippen LogP contribution < -0.4 is 16.0 Å². The number of hydrogen-bond acceptors (Lipinski definition) is 5. The lowest BCUT2D eigenvalue weighted by molar-refractivity contribution is -0.00917.